The maximum Gasteiger partial charge on any atom is 0.435 e. The number of rotatable bonds is 3. The minimum Gasteiger partial charge on any atom is -0.389 e. The molecule has 2 unspecified atom stereocenters. The molecule has 2 aliphatic rings. The molecular formula is C17H24F3N3O3. The maximum atomic E-state index is 13.2. The molecule has 2 saturated heterocycles. The summed E-state index contributed by atoms with van der Waals surface area (Å²) in [5, 5.41) is 29.2. The first-order valence-electron chi connectivity index (χ1n) is 8.79. The van der Waals surface area contributed by atoms with Crippen LogP contribution in [0.15, 0.2) is 18.3 Å². The van der Waals surface area contributed by atoms with Crippen LogP contribution in [0.25, 0.3) is 0 Å². The molecule has 26 heavy (non-hydrogen) atoms. The van der Waals surface area contributed by atoms with E-state index in [2.05, 4.69) is 4.98 Å². The number of β-amino-alcohol motifs (C(OH)–C–C–N with tert-alkyl or cyclic N) is 2. The van der Waals surface area contributed by atoms with Gasteiger partial charge in [0, 0.05) is 38.9 Å². The van der Waals surface area contributed by atoms with E-state index >= 15 is 0 Å². The highest BCUT2D eigenvalue weighted by Gasteiger charge is 2.38. The Morgan fingerprint density at radius 2 is 1.81 bits per heavy atom. The van der Waals surface area contributed by atoms with Gasteiger partial charge in [0.05, 0.1) is 17.9 Å². The van der Waals surface area contributed by atoms with Gasteiger partial charge in [-0.2, -0.15) is 13.2 Å². The molecule has 0 radical (unpaired) electrons. The number of hydrogen-bond acceptors (Lipinski definition) is 6. The van der Waals surface area contributed by atoms with Crippen LogP contribution in [-0.4, -0.2) is 76.2 Å². The predicted molar refractivity (Wildman–Crippen MR) is 88.6 cm³/mol. The van der Waals surface area contributed by atoms with E-state index in [-0.39, 0.29) is 24.7 Å². The van der Waals surface area contributed by atoms with Crippen LogP contribution >= 0.6 is 0 Å². The van der Waals surface area contributed by atoms with E-state index in [9.17, 15) is 28.5 Å². The molecule has 1 aromatic heterocycles. The predicted octanol–water partition coefficient (Wildman–Crippen LogP) is 0.715. The number of pyridine rings is 1. The van der Waals surface area contributed by atoms with Crippen LogP contribution in [0.3, 0.4) is 0 Å². The van der Waals surface area contributed by atoms with Crippen molar-refractivity contribution < 1.29 is 28.5 Å². The first-order valence-corrected chi connectivity index (χ1v) is 8.79. The molecule has 0 saturated carbocycles. The van der Waals surface area contributed by atoms with Gasteiger partial charge in [0.1, 0.15) is 6.10 Å². The van der Waals surface area contributed by atoms with Crippen LogP contribution in [-0.2, 0) is 6.18 Å². The summed E-state index contributed by atoms with van der Waals surface area (Å²) in [6.07, 6.45) is -4.92. The SMILES string of the molecule is OC1CN(C[C@H]2CCCN(c3cccnc3C(F)(F)F)C2)CC(O)C1O. The van der Waals surface area contributed by atoms with Crippen molar-refractivity contribution in [1.29, 1.82) is 0 Å². The maximum absolute atomic E-state index is 13.2. The Hall–Kier alpha value is -1.42. The molecule has 2 aliphatic heterocycles. The molecule has 9 heteroatoms. The number of anilines is 1. The zero-order valence-corrected chi connectivity index (χ0v) is 14.3. The summed E-state index contributed by atoms with van der Waals surface area (Å²) >= 11 is 0. The molecule has 146 valence electrons. The van der Waals surface area contributed by atoms with Crippen molar-refractivity contribution in [3.05, 3.63) is 24.0 Å². The van der Waals surface area contributed by atoms with E-state index in [0.29, 0.717) is 19.6 Å². The Balaban J connectivity index is 1.67. The number of aliphatic hydroxyl groups is 3. The highest BCUT2D eigenvalue weighted by Crippen LogP contribution is 2.36. The third-order valence-corrected chi connectivity index (χ3v) is 5.11. The smallest absolute Gasteiger partial charge is 0.389 e. The molecule has 6 nitrogen and oxygen atoms in total. The number of halogens is 3. The van der Waals surface area contributed by atoms with Crippen molar-refractivity contribution in [2.24, 2.45) is 5.92 Å². The fourth-order valence-corrected chi connectivity index (χ4v) is 3.89. The molecule has 3 heterocycles. The largest absolute Gasteiger partial charge is 0.435 e. The lowest BCUT2D eigenvalue weighted by atomic mass is 9.94. The van der Waals surface area contributed by atoms with Crippen LogP contribution in [0.4, 0.5) is 18.9 Å². The number of piperidine rings is 2. The molecule has 0 aliphatic carbocycles. The molecule has 3 rings (SSSR count). The van der Waals surface area contributed by atoms with Crippen LogP contribution < -0.4 is 4.90 Å². The van der Waals surface area contributed by atoms with E-state index in [1.165, 1.54) is 12.1 Å². The summed E-state index contributed by atoms with van der Waals surface area (Å²) in [5.41, 5.74) is -0.772. The highest BCUT2D eigenvalue weighted by atomic mass is 19.4. The summed E-state index contributed by atoms with van der Waals surface area (Å²) in [6, 6.07) is 2.95. The summed E-state index contributed by atoms with van der Waals surface area (Å²) in [7, 11) is 0. The van der Waals surface area contributed by atoms with Gasteiger partial charge in [-0.1, -0.05) is 0 Å². The average Bonchev–Trinajstić information content (AvgIpc) is 2.59. The van der Waals surface area contributed by atoms with Gasteiger partial charge in [-0.25, -0.2) is 4.98 Å². The Labute approximate surface area is 149 Å². The average molecular weight is 375 g/mol. The summed E-state index contributed by atoms with van der Waals surface area (Å²) < 4.78 is 39.7. The third kappa shape index (κ3) is 4.28. The van der Waals surface area contributed by atoms with Crippen molar-refractivity contribution in [3.63, 3.8) is 0 Å². The normalized spacial score (nSPS) is 31.2. The van der Waals surface area contributed by atoms with E-state index in [1.807, 2.05) is 4.90 Å². The molecule has 2 fully saturated rings. The van der Waals surface area contributed by atoms with Gasteiger partial charge in [-0.05, 0) is 30.9 Å². The fourth-order valence-electron chi connectivity index (χ4n) is 3.89. The number of alkyl halides is 3. The van der Waals surface area contributed by atoms with Gasteiger partial charge in [0.15, 0.2) is 5.69 Å². The molecule has 0 aromatic carbocycles. The molecule has 0 bridgehead atoms. The second-order valence-electron chi connectivity index (χ2n) is 7.17. The first kappa shape index (κ1) is 19.3. The van der Waals surface area contributed by atoms with Crippen LogP contribution in [0.2, 0.25) is 0 Å². The van der Waals surface area contributed by atoms with E-state index in [1.54, 1.807) is 4.90 Å². The molecule has 3 atom stereocenters. The van der Waals surface area contributed by atoms with Gasteiger partial charge >= 0.3 is 6.18 Å². The van der Waals surface area contributed by atoms with E-state index < -0.39 is 30.2 Å². The zero-order valence-electron chi connectivity index (χ0n) is 14.3. The van der Waals surface area contributed by atoms with Crippen LogP contribution in [0.1, 0.15) is 18.5 Å². The number of hydrogen-bond donors (Lipinski definition) is 3. The Kier molecular flexibility index (Phi) is 5.71. The molecule has 3 N–H and O–H groups in total. The second kappa shape index (κ2) is 7.67. The number of aromatic nitrogens is 1. The first-order chi connectivity index (χ1) is 12.3. The van der Waals surface area contributed by atoms with Gasteiger partial charge in [-0.3, -0.25) is 4.90 Å². The van der Waals surface area contributed by atoms with Crippen LogP contribution in [0, 0.1) is 5.92 Å². The lowest BCUT2D eigenvalue weighted by Gasteiger charge is -2.41. The number of aliphatic hydroxyl groups excluding tert-OH is 3. The van der Waals surface area contributed by atoms with Crippen LogP contribution in [0.5, 0.6) is 0 Å². The summed E-state index contributed by atoms with van der Waals surface area (Å²) in [5.74, 6) is 0.111. The van der Waals surface area contributed by atoms with Crippen molar-refractivity contribution in [2.75, 3.05) is 37.6 Å². The van der Waals surface area contributed by atoms with Crippen molar-refractivity contribution >= 4 is 5.69 Å². The van der Waals surface area contributed by atoms with Gasteiger partial charge < -0.3 is 20.2 Å². The Bertz CT molecular complexity index is 604. The number of likely N-dealkylation sites (tertiary alicyclic amines) is 1. The van der Waals surface area contributed by atoms with Crippen molar-refractivity contribution in [3.8, 4) is 0 Å². The molecule has 0 amide bonds. The Morgan fingerprint density at radius 1 is 1.12 bits per heavy atom. The molecular weight excluding hydrogens is 351 g/mol. The van der Waals surface area contributed by atoms with Gasteiger partial charge in [0.25, 0.3) is 0 Å². The Morgan fingerprint density at radius 3 is 2.46 bits per heavy atom. The standard InChI is InChI=1S/C17H24F3N3O3/c18-17(19,20)16-12(4-1-5-21-16)23-6-2-3-11(8-23)7-22-9-13(24)15(26)14(25)10-22/h1,4-5,11,13-15,24-26H,2-3,6-10H2/t11-,13?,14?,15?/m1/s1. The number of nitrogens with zero attached hydrogens (tertiary/aromatic N) is 3. The summed E-state index contributed by atoms with van der Waals surface area (Å²) in [6.45, 7) is 2.04. The quantitative estimate of drug-likeness (QED) is 0.722. The zero-order chi connectivity index (χ0) is 18.9. The second-order valence-corrected chi connectivity index (χ2v) is 7.17. The summed E-state index contributed by atoms with van der Waals surface area (Å²) in [4.78, 5) is 7.11. The fraction of sp³-hybridized carbons (Fsp3) is 0.706. The third-order valence-electron chi connectivity index (χ3n) is 5.11. The lowest BCUT2D eigenvalue weighted by molar-refractivity contribution is -0.140. The van der Waals surface area contributed by atoms with E-state index in [0.717, 1.165) is 19.0 Å². The van der Waals surface area contributed by atoms with Gasteiger partial charge in [-0.15, -0.1) is 0 Å². The minimum atomic E-state index is -4.50. The van der Waals surface area contributed by atoms with Gasteiger partial charge in [0.2, 0.25) is 0 Å². The van der Waals surface area contributed by atoms with Crippen molar-refractivity contribution in [1.82, 2.24) is 9.88 Å². The lowest BCUT2D eigenvalue weighted by Crippen LogP contribution is -2.56. The van der Waals surface area contributed by atoms with E-state index in [4.69, 9.17) is 0 Å². The monoisotopic (exact) mass is 375 g/mol. The van der Waals surface area contributed by atoms with Crippen molar-refractivity contribution in [2.45, 2.75) is 37.3 Å². The highest BCUT2D eigenvalue weighted by molar-refractivity contribution is 5.52. The topological polar surface area (TPSA) is 80.1 Å². The molecule has 1 aromatic rings. The molecule has 0 spiro atoms. The minimum absolute atomic E-state index is 0.0961.